The summed E-state index contributed by atoms with van der Waals surface area (Å²) in [5.41, 5.74) is 0. The highest BCUT2D eigenvalue weighted by Gasteiger charge is 2.26. The Bertz CT molecular complexity index is 550. The van der Waals surface area contributed by atoms with Gasteiger partial charge in [0, 0.05) is 17.1 Å². The second-order valence-electron chi connectivity index (χ2n) is 4.44. The maximum Gasteiger partial charge on any atom is 0.241 e. The topological polar surface area (TPSA) is 49.4 Å². The molecule has 7 heteroatoms. The van der Waals surface area contributed by atoms with Gasteiger partial charge in [-0.1, -0.05) is 0 Å². The lowest BCUT2D eigenvalue weighted by Gasteiger charge is -2.14. The average Bonchev–Trinajstić information content (AvgIpc) is 2.62. The summed E-state index contributed by atoms with van der Waals surface area (Å²) in [6, 6.07) is 3.47. The molecule has 1 aliphatic heterocycles. The lowest BCUT2D eigenvalue weighted by atomic mass is 10.3. The van der Waals surface area contributed by atoms with Crippen molar-refractivity contribution in [3.8, 4) is 0 Å². The molecular weight excluding hydrogens is 323 g/mol. The number of hydrogen-bond donors (Lipinski definition) is 1. The summed E-state index contributed by atoms with van der Waals surface area (Å²) < 4.78 is 40.1. The molecule has 0 amide bonds. The number of nitrogens with one attached hydrogen (secondary N) is 1. The Kier molecular flexibility index (Phi) is 4.05. The predicted octanol–water partition coefficient (Wildman–Crippen LogP) is 1.57. The van der Waals surface area contributed by atoms with Crippen molar-refractivity contribution in [2.75, 3.05) is 20.1 Å². The van der Waals surface area contributed by atoms with Gasteiger partial charge in [0.15, 0.2) is 0 Å². The van der Waals surface area contributed by atoms with E-state index in [9.17, 15) is 12.8 Å². The molecule has 1 aliphatic rings. The third-order valence-electron chi connectivity index (χ3n) is 2.90. The van der Waals surface area contributed by atoms with Crippen molar-refractivity contribution in [2.45, 2.75) is 17.4 Å². The average molecular weight is 337 g/mol. The zero-order valence-electron chi connectivity index (χ0n) is 9.86. The molecule has 1 unspecified atom stereocenters. The minimum atomic E-state index is -3.60. The Morgan fingerprint density at radius 3 is 2.78 bits per heavy atom. The molecule has 0 aromatic heterocycles. The smallest absolute Gasteiger partial charge is 0.241 e. The number of benzene rings is 1. The lowest BCUT2D eigenvalue weighted by Crippen LogP contribution is -2.36. The molecule has 0 radical (unpaired) electrons. The van der Waals surface area contributed by atoms with E-state index in [2.05, 4.69) is 25.6 Å². The zero-order valence-corrected chi connectivity index (χ0v) is 12.3. The first-order valence-corrected chi connectivity index (χ1v) is 7.82. The van der Waals surface area contributed by atoms with Gasteiger partial charge in [0.1, 0.15) is 5.82 Å². The van der Waals surface area contributed by atoms with Gasteiger partial charge in [0.05, 0.1) is 4.90 Å². The Morgan fingerprint density at radius 2 is 2.22 bits per heavy atom. The first-order chi connectivity index (χ1) is 8.38. The second-order valence-corrected chi connectivity index (χ2v) is 6.98. The molecule has 18 heavy (non-hydrogen) atoms. The van der Waals surface area contributed by atoms with Crippen LogP contribution in [0.1, 0.15) is 6.42 Å². The molecule has 0 aliphatic carbocycles. The highest BCUT2D eigenvalue weighted by atomic mass is 79.9. The van der Waals surface area contributed by atoms with Gasteiger partial charge in [-0.25, -0.2) is 17.5 Å². The third-order valence-corrected chi connectivity index (χ3v) is 5.39. The van der Waals surface area contributed by atoms with Gasteiger partial charge in [-0.3, -0.25) is 0 Å². The summed E-state index contributed by atoms with van der Waals surface area (Å²) >= 11 is 3.07. The summed E-state index contributed by atoms with van der Waals surface area (Å²) in [5, 5.41) is 0. The highest BCUT2D eigenvalue weighted by molar-refractivity contribution is 9.10. The number of rotatable bonds is 3. The van der Waals surface area contributed by atoms with E-state index in [-0.39, 0.29) is 15.4 Å². The van der Waals surface area contributed by atoms with Crippen LogP contribution < -0.4 is 4.72 Å². The second kappa shape index (κ2) is 5.24. The standard InChI is InChI=1S/C11H14BrFN2O2S/c1-15-5-4-9(7-15)14-18(16,17)11-3-2-8(13)6-10(11)12/h2-3,6,9,14H,4-5,7H2,1H3. The van der Waals surface area contributed by atoms with Gasteiger partial charge in [-0.05, 0) is 54.1 Å². The number of likely N-dealkylation sites (N-methyl/N-ethyl adjacent to an activating group) is 1. The molecular formula is C11H14BrFN2O2S. The molecule has 1 aromatic carbocycles. The summed E-state index contributed by atoms with van der Waals surface area (Å²) in [7, 11) is -1.66. The molecule has 4 nitrogen and oxygen atoms in total. The number of halogens is 2. The minimum absolute atomic E-state index is 0.0680. The Balaban J connectivity index is 2.20. The molecule has 100 valence electrons. The van der Waals surface area contributed by atoms with Crippen molar-refractivity contribution in [1.82, 2.24) is 9.62 Å². The summed E-state index contributed by atoms with van der Waals surface area (Å²) in [4.78, 5) is 2.13. The van der Waals surface area contributed by atoms with Gasteiger partial charge >= 0.3 is 0 Å². The normalized spacial score (nSPS) is 21.4. The maximum absolute atomic E-state index is 12.9. The third kappa shape index (κ3) is 3.09. The number of hydrogen-bond acceptors (Lipinski definition) is 3. The van der Waals surface area contributed by atoms with Gasteiger partial charge in [-0.15, -0.1) is 0 Å². The van der Waals surface area contributed by atoms with Crippen LogP contribution in [0.5, 0.6) is 0 Å². The number of sulfonamides is 1. The number of likely N-dealkylation sites (tertiary alicyclic amines) is 1. The molecule has 0 saturated carbocycles. The molecule has 1 aromatic rings. The summed E-state index contributed by atoms with van der Waals surface area (Å²) in [6.45, 7) is 1.57. The monoisotopic (exact) mass is 336 g/mol. The van der Waals surface area contributed by atoms with E-state index < -0.39 is 15.8 Å². The first-order valence-electron chi connectivity index (χ1n) is 5.54. The summed E-state index contributed by atoms with van der Waals surface area (Å²) in [5.74, 6) is -0.471. The Labute approximate surface area is 114 Å². The van der Waals surface area contributed by atoms with Gasteiger partial charge < -0.3 is 4.90 Å². The van der Waals surface area contributed by atoms with Crippen molar-refractivity contribution < 1.29 is 12.8 Å². The number of nitrogens with zero attached hydrogens (tertiary/aromatic N) is 1. The van der Waals surface area contributed by atoms with E-state index in [1.54, 1.807) is 0 Å². The van der Waals surface area contributed by atoms with Crippen molar-refractivity contribution in [1.29, 1.82) is 0 Å². The SMILES string of the molecule is CN1CCC(NS(=O)(=O)c2ccc(F)cc2Br)C1. The molecule has 1 fully saturated rings. The van der Waals surface area contributed by atoms with E-state index in [0.29, 0.717) is 6.54 Å². The van der Waals surface area contributed by atoms with Crippen LogP contribution in [0.15, 0.2) is 27.6 Å². The maximum atomic E-state index is 12.9. The fraction of sp³-hybridized carbons (Fsp3) is 0.455. The van der Waals surface area contributed by atoms with Crippen molar-refractivity contribution >= 4 is 26.0 Å². The van der Waals surface area contributed by atoms with Crippen LogP contribution >= 0.6 is 15.9 Å². The van der Waals surface area contributed by atoms with Crippen LogP contribution in [0.3, 0.4) is 0 Å². The van der Waals surface area contributed by atoms with Crippen molar-refractivity contribution in [3.05, 3.63) is 28.5 Å². The quantitative estimate of drug-likeness (QED) is 0.911. The Morgan fingerprint density at radius 1 is 1.50 bits per heavy atom. The van der Waals surface area contributed by atoms with E-state index in [0.717, 1.165) is 25.1 Å². The minimum Gasteiger partial charge on any atom is -0.305 e. The lowest BCUT2D eigenvalue weighted by molar-refractivity contribution is 0.407. The van der Waals surface area contributed by atoms with Gasteiger partial charge in [0.2, 0.25) is 10.0 Å². The fourth-order valence-corrected chi connectivity index (χ4v) is 4.32. The van der Waals surface area contributed by atoms with E-state index in [1.807, 2.05) is 7.05 Å². The zero-order chi connectivity index (χ0) is 13.3. The van der Waals surface area contributed by atoms with E-state index in [4.69, 9.17) is 0 Å². The van der Waals surface area contributed by atoms with Crippen LogP contribution in [0.2, 0.25) is 0 Å². The Hall–Kier alpha value is -0.500. The predicted molar refractivity (Wildman–Crippen MR) is 70.3 cm³/mol. The fourth-order valence-electron chi connectivity index (χ4n) is 2.01. The van der Waals surface area contributed by atoms with Gasteiger partial charge in [0.25, 0.3) is 0 Å². The molecule has 2 rings (SSSR count). The van der Waals surface area contributed by atoms with Gasteiger partial charge in [-0.2, -0.15) is 0 Å². The molecule has 0 bridgehead atoms. The first kappa shape index (κ1) is 13.9. The van der Waals surface area contributed by atoms with Crippen LogP contribution in [-0.4, -0.2) is 39.5 Å². The summed E-state index contributed by atoms with van der Waals surface area (Å²) in [6.07, 6.45) is 0.786. The molecule has 1 heterocycles. The van der Waals surface area contributed by atoms with Crippen LogP contribution in [0.25, 0.3) is 0 Å². The molecule has 1 atom stereocenters. The van der Waals surface area contributed by atoms with E-state index >= 15 is 0 Å². The van der Waals surface area contributed by atoms with E-state index in [1.165, 1.54) is 6.07 Å². The molecule has 0 spiro atoms. The van der Waals surface area contributed by atoms with Crippen molar-refractivity contribution in [2.24, 2.45) is 0 Å². The largest absolute Gasteiger partial charge is 0.305 e. The molecule has 1 N–H and O–H groups in total. The molecule has 1 saturated heterocycles. The van der Waals surface area contributed by atoms with Crippen LogP contribution in [0, 0.1) is 5.82 Å². The van der Waals surface area contributed by atoms with Crippen LogP contribution in [0.4, 0.5) is 4.39 Å². The van der Waals surface area contributed by atoms with Crippen LogP contribution in [-0.2, 0) is 10.0 Å². The highest BCUT2D eigenvalue weighted by Crippen LogP contribution is 2.23. The van der Waals surface area contributed by atoms with Crippen molar-refractivity contribution in [3.63, 3.8) is 0 Å².